The zero-order valence-electron chi connectivity index (χ0n) is 21.4. The van der Waals surface area contributed by atoms with Crippen LogP contribution in [0.15, 0.2) is 41.3 Å². The van der Waals surface area contributed by atoms with E-state index >= 15 is 0 Å². The lowest BCUT2D eigenvalue weighted by Crippen LogP contribution is -2.26. The topological polar surface area (TPSA) is 128 Å². The van der Waals surface area contributed by atoms with Gasteiger partial charge in [0.1, 0.15) is 6.73 Å². The van der Waals surface area contributed by atoms with E-state index in [1.165, 1.54) is 15.5 Å². The first-order chi connectivity index (χ1) is 17.1. The van der Waals surface area contributed by atoms with Gasteiger partial charge in [0.25, 0.3) is 5.56 Å². The van der Waals surface area contributed by atoms with Gasteiger partial charge in [0.15, 0.2) is 11.9 Å². The normalized spacial score (nSPS) is 12.6. The molecule has 12 nitrogen and oxygen atoms in total. The number of hydrogen-bond acceptors (Lipinski definition) is 9. The van der Waals surface area contributed by atoms with Crippen molar-refractivity contribution in [2.45, 2.75) is 52.4 Å². The second-order valence-electron chi connectivity index (χ2n) is 9.83. The number of benzene rings is 1. The SMILES string of the molecule is Cc1cccc(-n2nnc(C(C)Oc3nnc(-c4cnn(COCC[Si](C)(C)C)c(=O)c4)n3C)n2)c1. The number of tetrazole rings is 1. The lowest BCUT2D eigenvalue weighted by Gasteiger charge is -2.15. The summed E-state index contributed by atoms with van der Waals surface area (Å²) in [7, 11) is 0.558. The number of nitrogens with zero attached hydrogens (tertiary/aromatic N) is 9. The molecule has 0 N–H and O–H groups in total. The van der Waals surface area contributed by atoms with E-state index in [2.05, 4.69) is 50.3 Å². The van der Waals surface area contributed by atoms with E-state index < -0.39 is 14.2 Å². The molecule has 4 aromatic rings. The lowest BCUT2D eigenvalue weighted by molar-refractivity contribution is 0.0750. The van der Waals surface area contributed by atoms with Crippen LogP contribution in [0.5, 0.6) is 6.01 Å². The second kappa shape index (κ2) is 10.5. The molecule has 1 unspecified atom stereocenters. The second-order valence-corrected chi connectivity index (χ2v) is 15.5. The minimum absolute atomic E-state index is 0.116. The summed E-state index contributed by atoms with van der Waals surface area (Å²) in [5.74, 6) is 0.851. The van der Waals surface area contributed by atoms with Crippen molar-refractivity contribution in [2.75, 3.05) is 6.61 Å². The van der Waals surface area contributed by atoms with E-state index in [-0.39, 0.29) is 18.3 Å². The third-order valence-corrected chi connectivity index (χ3v) is 7.18. The van der Waals surface area contributed by atoms with Gasteiger partial charge in [-0.1, -0.05) is 36.9 Å². The highest BCUT2D eigenvalue weighted by atomic mass is 28.3. The van der Waals surface area contributed by atoms with E-state index in [0.29, 0.717) is 23.8 Å². The quantitative estimate of drug-likeness (QED) is 0.234. The maximum atomic E-state index is 12.5. The highest BCUT2D eigenvalue weighted by Crippen LogP contribution is 2.22. The zero-order valence-corrected chi connectivity index (χ0v) is 22.4. The molecule has 0 aliphatic heterocycles. The van der Waals surface area contributed by atoms with Crippen molar-refractivity contribution in [3.63, 3.8) is 0 Å². The molecule has 0 spiro atoms. The summed E-state index contributed by atoms with van der Waals surface area (Å²) in [6.07, 6.45) is 1.04. The number of aromatic nitrogens is 9. The molecule has 3 heterocycles. The molecule has 4 rings (SSSR count). The first kappa shape index (κ1) is 25.4. The molecule has 36 heavy (non-hydrogen) atoms. The largest absolute Gasteiger partial charge is 0.452 e. The summed E-state index contributed by atoms with van der Waals surface area (Å²) < 4.78 is 14.5. The van der Waals surface area contributed by atoms with Crippen molar-refractivity contribution < 1.29 is 9.47 Å². The minimum atomic E-state index is -1.19. The van der Waals surface area contributed by atoms with Crippen molar-refractivity contribution in [1.29, 1.82) is 0 Å². The van der Waals surface area contributed by atoms with Gasteiger partial charge in [0.2, 0.25) is 5.82 Å². The molecular formula is C23H31N9O3Si. The average molecular weight is 510 g/mol. The van der Waals surface area contributed by atoms with Crippen LogP contribution >= 0.6 is 0 Å². The maximum Gasteiger partial charge on any atom is 0.317 e. The van der Waals surface area contributed by atoms with E-state index in [4.69, 9.17) is 9.47 Å². The lowest BCUT2D eigenvalue weighted by atomic mass is 10.2. The molecule has 13 heteroatoms. The molecule has 0 saturated carbocycles. The number of rotatable bonds is 10. The molecule has 0 bridgehead atoms. The highest BCUT2D eigenvalue weighted by molar-refractivity contribution is 6.76. The Kier molecular flexibility index (Phi) is 7.40. The van der Waals surface area contributed by atoms with Gasteiger partial charge in [0, 0.05) is 33.4 Å². The summed E-state index contributed by atoms with van der Waals surface area (Å²) in [4.78, 5) is 14.0. The first-order valence-corrected chi connectivity index (χ1v) is 15.4. The third-order valence-electron chi connectivity index (χ3n) is 5.48. The van der Waals surface area contributed by atoms with E-state index in [1.54, 1.807) is 24.7 Å². The molecule has 0 aliphatic rings. The Bertz CT molecular complexity index is 1390. The van der Waals surface area contributed by atoms with Crippen LogP contribution in [0, 0.1) is 6.92 Å². The van der Waals surface area contributed by atoms with Crippen molar-refractivity contribution in [3.8, 4) is 23.1 Å². The predicted octanol–water partition coefficient (Wildman–Crippen LogP) is 2.78. The average Bonchev–Trinajstić information content (AvgIpc) is 3.45. The van der Waals surface area contributed by atoms with Crippen LogP contribution in [0.4, 0.5) is 0 Å². The van der Waals surface area contributed by atoms with E-state index in [0.717, 1.165) is 17.3 Å². The number of aryl methyl sites for hydroxylation is 1. The van der Waals surface area contributed by atoms with Crippen LogP contribution in [0.1, 0.15) is 24.4 Å². The molecule has 0 radical (unpaired) electrons. The molecule has 0 saturated heterocycles. The third kappa shape index (κ3) is 6.09. The summed E-state index contributed by atoms with van der Waals surface area (Å²) >= 11 is 0. The predicted molar refractivity (Wildman–Crippen MR) is 136 cm³/mol. The molecule has 3 aromatic heterocycles. The van der Waals surface area contributed by atoms with Gasteiger partial charge in [-0.2, -0.15) is 5.10 Å². The Balaban J connectivity index is 1.42. The Morgan fingerprint density at radius 3 is 2.64 bits per heavy atom. The van der Waals surface area contributed by atoms with Crippen LogP contribution in [-0.2, 0) is 18.5 Å². The Morgan fingerprint density at radius 1 is 1.11 bits per heavy atom. The van der Waals surface area contributed by atoms with Gasteiger partial charge in [-0.3, -0.25) is 9.36 Å². The van der Waals surface area contributed by atoms with Gasteiger partial charge >= 0.3 is 6.01 Å². The molecule has 190 valence electrons. The van der Waals surface area contributed by atoms with Gasteiger partial charge in [-0.05, 0) is 42.8 Å². The van der Waals surface area contributed by atoms with Crippen molar-refractivity contribution in [1.82, 2.24) is 44.8 Å². The molecule has 1 aromatic carbocycles. The Labute approximate surface area is 209 Å². The van der Waals surface area contributed by atoms with Gasteiger partial charge in [-0.15, -0.1) is 20.1 Å². The van der Waals surface area contributed by atoms with Gasteiger partial charge in [0.05, 0.1) is 11.9 Å². The number of hydrogen-bond donors (Lipinski definition) is 0. The minimum Gasteiger partial charge on any atom is -0.452 e. The van der Waals surface area contributed by atoms with Crippen LogP contribution < -0.4 is 10.3 Å². The molecule has 0 fully saturated rings. The smallest absolute Gasteiger partial charge is 0.317 e. The van der Waals surface area contributed by atoms with Crippen LogP contribution in [0.25, 0.3) is 17.1 Å². The molecule has 1 atom stereocenters. The summed E-state index contributed by atoms with van der Waals surface area (Å²) in [6.45, 7) is 11.4. The highest BCUT2D eigenvalue weighted by Gasteiger charge is 2.20. The maximum absolute atomic E-state index is 12.5. The van der Waals surface area contributed by atoms with Gasteiger partial charge in [-0.25, -0.2) is 4.68 Å². The van der Waals surface area contributed by atoms with Crippen LogP contribution in [0.3, 0.4) is 0 Å². The summed E-state index contributed by atoms with van der Waals surface area (Å²) in [6, 6.07) is 10.5. The zero-order chi connectivity index (χ0) is 25.9. The fourth-order valence-electron chi connectivity index (χ4n) is 3.31. The van der Waals surface area contributed by atoms with Crippen LogP contribution in [0.2, 0.25) is 25.7 Å². The molecule has 0 aliphatic carbocycles. The van der Waals surface area contributed by atoms with Crippen LogP contribution in [-0.4, -0.2) is 59.4 Å². The fourth-order valence-corrected chi connectivity index (χ4v) is 4.07. The van der Waals surface area contributed by atoms with E-state index in [1.807, 2.05) is 31.2 Å². The number of ether oxygens (including phenoxy) is 2. The Hall–Kier alpha value is -3.71. The van der Waals surface area contributed by atoms with Crippen molar-refractivity contribution in [2.24, 2.45) is 7.05 Å². The first-order valence-electron chi connectivity index (χ1n) is 11.7. The van der Waals surface area contributed by atoms with Gasteiger partial charge < -0.3 is 9.47 Å². The monoisotopic (exact) mass is 509 g/mol. The Morgan fingerprint density at radius 2 is 1.92 bits per heavy atom. The standard InChI is InChI=1S/C23H31N9O3Si/c1-16-8-7-9-19(12-16)32-28-21(25-29-32)17(2)35-23-27-26-22(30(23)3)18-13-20(33)31(24-14-18)15-34-10-11-36(4,5)6/h7-9,12-14,17H,10-11,15H2,1-6H3. The molecule has 0 amide bonds. The van der Waals surface area contributed by atoms with Crippen molar-refractivity contribution >= 4 is 8.07 Å². The van der Waals surface area contributed by atoms with Crippen molar-refractivity contribution in [3.05, 3.63) is 58.3 Å². The summed E-state index contributed by atoms with van der Waals surface area (Å²) in [5.41, 5.74) is 2.15. The fraction of sp³-hybridized carbons (Fsp3) is 0.435. The summed E-state index contributed by atoms with van der Waals surface area (Å²) in [5, 5.41) is 25.2. The van der Waals surface area contributed by atoms with E-state index in [9.17, 15) is 4.79 Å². The molecular weight excluding hydrogens is 478 g/mol.